The summed E-state index contributed by atoms with van der Waals surface area (Å²) in [6, 6.07) is 0. The van der Waals surface area contributed by atoms with E-state index in [-0.39, 0.29) is 6.61 Å². The van der Waals surface area contributed by atoms with Crippen molar-refractivity contribution in [2.45, 2.75) is 0 Å². The summed E-state index contributed by atoms with van der Waals surface area (Å²) in [5, 5.41) is 0. The van der Waals surface area contributed by atoms with Crippen LogP contribution in [0.4, 0.5) is 4.79 Å². The molecule has 0 fully saturated rings. The molecule has 3 heteroatoms. The number of rotatable bonds is 2. The zero-order chi connectivity index (χ0) is 5.70. The lowest BCUT2D eigenvalue weighted by Crippen LogP contribution is -2.00. The molecule has 0 aliphatic carbocycles. The molecule has 7 heavy (non-hydrogen) atoms. The van der Waals surface area contributed by atoms with Gasteiger partial charge in [0.05, 0.1) is 0 Å². The average molecular weight is 100 g/mol. The number of amides is 1. The Hall–Kier alpha value is -0.990. The highest BCUT2D eigenvalue weighted by molar-refractivity contribution is 5.63. The molecule has 1 radical (unpaired) electrons. The van der Waals surface area contributed by atoms with Crippen LogP contribution in [0, 0.1) is 0 Å². The summed E-state index contributed by atoms with van der Waals surface area (Å²) in [6.07, 6.45) is 0.395. The normalized spacial score (nSPS) is 7.43. The smallest absolute Gasteiger partial charge is 0.426 e. The van der Waals surface area contributed by atoms with Crippen LogP contribution < -0.4 is 5.73 Å². The Morgan fingerprint density at radius 3 is 2.71 bits per heavy atom. The number of nitrogens with one attached hydrogen (secondary N) is 1. The molecule has 0 spiro atoms. The third-order valence-electron chi connectivity index (χ3n) is 0.332. The van der Waals surface area contributed by atoms with Crippen LogP contribution in [-0.4, -0.2) is 12.7 Å². The van der Waals surface area contributed by atoms with Gasteiger partial charge in [-0.2, -0.15) is 0 Å². The highest BCUT2D eigenvalue weighted by Crippen LogP contribution is 1.72. The number of carbonyl (C=O) groups is 1. The molecule has 0 saturated carbocycles. The molecule has 39 valence electrons. The molecule has 0 rings (SSSR count). The first-order valence-corrected chi connectivity index (χ1v) is 1.76. The molecule has 1 amide bonds. The molecule has 0 aromatic heterocycles. The SMILES string of the molecule is C=CCOC([NH])=O. The fourth-order valence-corrected chi connectivity index (χ4v) is 0.135. The lowest BCUT2D eigenvalue weighted by Gasteiger charge is -1.89. The van der Waals surface area contributed by atoms with Crippen molar-refractivity contribution in [1.82, 2.24) is 5.73 Å². The first-order chi connectivity index (χ1) is 3.27. The first kappa shape index (κ1) is 6.01. The van der Waals surface area contributed by atoms with Crippen molar-refractivity contribution in [1.29, 1.82) is 0 Å². The lowest BCUT2D eigenvalue weighted by atomic mass is 10.7. The van der Waals surface area contributed by atoms with Gasteiger partial charge in [-0.05, 0) is 0 Å². The van der Waals surface area contributed by atoms with E-state index in [4.69, 9.17) is 5.73 Å². The van der Waals surface area contributed by atoms with E-state index in [1.54, 1.807) is 0 Å². The van der Waals surface area contributed by atoms with Gasteiger partial charge in [-0.25, -0.2) is 10.5 Å². The predicted octanol–water partition coefficient (Wildman–Crippen LogP) is 0.592. The molecule has 0 bridgehead atoms. The summed E-state index contributed by atoms with van der Waals surface area (Å²) in [6.45, 7) is 3.40. The minimum atomic E-state index is -1.01. The summed E-state index contributed by atoms with van der Waals surface area (Å²) in [4.78, 5) is 9.60. The van der Waals surface area contributed by atoms with Gasteiger partial charge >= 0.3 is 6.09 Å². The van der Waals surface area contributed by atoms with Gasteiger partial charge in [0.15, 0.2) is 0 Å². The van der Waals surface area contributed by atoms with Crippen LogP contribution in [0.15, 0.2) is 12.7 Å². The highest BCUT2D eigenvalue weighted by atomic mass is 16.5. The van der Waals surface area contributed by atoms with Gasteiger partial charge in [-0.15, -0.1) is 0 Å². The maximum Gasteiger partial charge on any atom is 0.426 e. The topological polar surface area (TPSA) is 50.1 Å². The summed E-state index contributed by atoms with van der Waals surface area (Å²) in [5.41, 5.74) is 6.17. The molecule has 0 atom stereocenters. The molecular weight excluding hydrogens is 94.0 g/mol. The van der Waals surface area contributed by atoms with Crippen molar-refractivity contribution in [2.75, 3.05) is 6.61 Å². The van der Waals surface area contributed by atoms with Gasteiger partial charge < -0.3 is 4.74 Å². The number of hydrogen-bond donors (Lipinski definition) is 0. The number of hydrogen-bond acceptors (Lipinski definition) is 2. The molecule has 0 aliphatic heterocycles. The van der Waals surface area contributed by atoms with Gasteiger partial charge in [0, 0.05) is 0 Å². The van der Waals surface area contributed by atoms with Crippen LogP contribution in [0.1, 0.15) is 0 Å². The second kappa shape index (κ2) is 3.21. The minimum Gasteiger partial charge on any atom is -0.444 e. The molecule has 0 aromatic carbocycles. The molecule has 0 unspecified atom stereocenters. The van der Waals surface area contributed by atoms with Gasteiger partial charge in [-0.3, -0.25) is 0 Å². The average Bonchev–Trinajstić information content (AvgIpc) is 1.61. The van der Waals surface area contributed by atoms with E-state index in [0.29, 0.717) is 0 Å². The second-order valence-corrected chi connectivity index (χ2v) is 0.887. The van der Waals surface area contributed by atoms with E-state index in [0.717, 1.165) is 0 Å². The van der Waals surface area contributed by atoms with Crippen LogP contribution >= 0.6 is 0 Å². The maximum absolute atomic E-state index is 9.60. The quantitative estimate of drug-likeness (QED) is 0.477. The van der Waals surface area contributed by atoms with E-state index in [9.17, 15) is 4.79 Å². The van der Waals surface area contributed by atoms with Crippen LogP contribution in [0.2, 0.25) is 0 Å². The third-order valence-corrected chi connectivity index (χ3v) is 0.332. The van der Waals surface area contributed by atoms with E-state index in [1.165, 1.54) is 6.08 Å². The Morgan fingerprint density at radius 2 is 2.57 bits per heavy atom. The molecule has 0 aliphatic rings. The fraction of sp³-hybridized carbons (Fsp3) is 0.250. The van der Waals surface area contributed by atoms with Gasteiger partial charge in [0.25, 0.3) is 0 Å². The second-order valence-electron chi connectivity index (χ2n) is 0.887. The van der Waals surface area contributed by atoms with Gasteiger partial charge in [-0.1, -0.05) is 12.7 Å². The Kier molecular flexibility index (Phi) is 2.76. The van der Waals surface area contributed by atoms with Crippen LogP contribution in [0.3, 0.4) is 0 Å². The summed E-state index contributed by atoms with van der Waals surface area (Å²) in [5.74, 6) is 0. The predicted molar refractivity (Wildman–Crippen MR) is 24.6 cm³/mol. The van der Waals surface area contributed by atoms with E-state index >= 15 is 0 Å². The largest absolute Gasteiger partial charge is 0.444 e. The molecule has 0 aromatic rings. The molecular formula is C4H6NO2. The van der Waals surface area contributed by atoms with Crippen molar-refractivity contribution < 1.29 is 9.53 Å². The van der Waals surface area contributed by atoms with Crippen LogP contribution in [0.25, 0.3) is 0 Å². The Labute approximate surface area is 41.8 Å². The third kappa shape index (κ3) is 5.01. The van der Waals surface area contributed by atoms with Crippen molar-refractivity contribution in [3.05, 3.63) is 12.7 Å². The van der Waals surface area contributed by atoms with E-state index in [1.807, 2.05) is 0 Å². The summed E-state index contributed by atoms with van der Waals surface area (Å²) in [7, 11) is 0. The summed E-state index contributed by atoms with van der Waals surface area (Å²) < 4.78 is 4.10. The highest BCUT2D eigenvalue weighted by Gasteiger charge is 1.86. The van der Waals surface area contributed by atoms with Crippen LogP contribution in [-0.2, 0) is 4.74 Å². The Balaban J connectivity index is 2.97. The van der Waals surface area contributed by atoms with Gasteiger partial charge in [0.2, 0.25) is 0 Å². The van der Waals surface area contributed by atoms with Crippen LogP contribution in [0.5, 0.6) is 0 Å². The van der Waals surface area contributed by atoms with Crippen molar-refractivity contribution >= 4 is 6.09 Å². The maximum atomic E-state index is 9.60. The van der Waals surface area contributed by atoms with Gasteiger partial charge in [0.1, 0.15) is 6.61 Å². The molecule has 0 heterocycles. The molecule has 0 saturated heterocycles. The Morgan fingerprint density at radius 1 is 2.00 bits per heavy atom. The van der Waals surface area contributed by atoms with Crippen molar-refractivity contribution in [2.24, 2.45) is 0 Å². The number of ether oxygens (including phenoxy) is 1. The first-order valence-electron chi connectivity index (χ1n) is 1.76. The summed E-state index contributed by atoms with van der Waals surface area (Å²) >= 11 is 0. The monoisotopic (exact) mass is 100 g/mol. The minimum absolute atomic E-state index is 0.127. The fourth-order valence-electron chi connectivity index (χ4n) is 0.135. The Bertz CT molecular complexity index is 79.8. The number of carbonyl (C=O) groups excluding carboxylic acids is 1. The molecule has 1 N–H and O–H groups in total. The van der Waals surface area contributed by atoms with E-state index < -0.39 is 6.09 Å². The zero-order valence-corrected chi connectivity index (χ0v) is 3.81. The zero-order valence-electron chi connectivity index (χ0n) is 3.81. The van der Waals surface area contributed by atoms with E-state index in [2.05, 4.69) is 11.3 Å². The van der Waals surface area contributed by atoms with Crippen molar-refractivity contribution in [3.8, 4) is 0 Å². The lowest BCUT2D eigenvalue weighted by molar-refractivity contribution is 0.167. The standard InChI is InChI=1S/C4H6NO2/c1-2-3-7-4(5)6/h2,5H,1,3H2. The molecule has 3 nitrogen and oxygen atoms in total. The van der Waals surface area contributed by atoms with Crippen molar-refractivity contribution in [3.63, 3.8) is 0 Å².